The second kappa shape index (κ2) is 5.81. The standard InChI is InChI=1S/C21H19N3O3/c1-21(2,3)18(25)17-13-14-9-7-8-12-16(14)23-19(26)22(20(27)24(17)23)15-10-5-4-6-11-15/h4-13H,1-3H3. The van der Waals surface area contributed by atoms with Gasteiger partial charge in [0.2, 0.25) is 0 Å². The van der Waals surface area contributed by atoms with E-state index in [0.717, 1.165) is 9.95 Å². The second-order valence-electron chi connectivity index (χ2n) is 7.53. The van der Waals surface area contributed by atoms with Gasteiger partial charge in [0.1, 0.15) is 5.69 Å². The minimum atomic E-state index is -0.701. The molecule has 0 unspecified atom stereocenters. The van der Waals surface area contributed by atoms with Crippen LogP contribution in [-0.2, 0) is 0 Å². The van der Waals surface area contributed by atoms with Crippen molar-refractivity contribution in [3.8, 4) is 5.69 Å². The summed E-state index contributed by atoms with van der Waals surface area (Å²) in [7, 11) is 0. The number of carbonyl (C=O) groups is 1. The van der Waals surface area contributed by atoms with Gasteiger partial charge in [-0.3, -0.25) is 4.79 Å². The van der Waals surface area contributed by atoms with Gasteiger partial charge in [-0.2, -0.15) is 9.03 Å². The average Bonchev–Trinajstić information content (AvgIpc) is 2.92. The quantitative estimate of drug-likeness (QED) is 0.516. The molecule has 4 rings (SSSR count). The van der Waals surface area contributed by atoms with Gasteiger partial charge in [0, 0.05) is 10.8 Å². The third kappa shape index (κ3) is 2.52. The molecule has 2 aromatic heterocycles. The third-order valence-electron chi connectivity index (χ3n) is 4.56. The number of rotatable bonds is 2. The van der Waals surface area contributed by atoms with Crippen molar-refractivity contribution in [2.75, 3.05) is 0 Å². The van der Waals surface area contributed by atoms with E-state index in [1.165, 1.54) is 9.03 Å². The third-order valence-corrected chi connectivity index (χ3v) is 4.56. The highest BCUT2D eigenvalue weighted by molar-refractivity contribution is 6.00. The number of para-hydroxylation sites is 2. The molecule has 4 aromatic rings. The van der Waals surface area contributed by atoms with Crippen molar-refractivity contribution in [1.29, 1.82) is 0 Å². The summed E-state index contributed by atoms with van der Waals surface area (Å²) in [5, 5.41) is 0.720. The Morgan fingerprint density at radius 1 is 0.815 bits per heavy atom. The molecule has 6 nitrogen and oxygen atoms in total. The molecule has 136 valence electrons. The molecular formula is C21H19N3O3. The van der Waals surface area contributed by atoms with Crippen molar-refractivity contribution in [3.63, 3.8) is 0 Å². The lowest BCUT2D eigenvalue weighted by molar-refractivity contribution is 0.0849. The molecule has 0 saturated heterocycles. The number of benzene rings is 2. The maximum atomic E-state index is 13.2. The summed E-state index contributed by atoms with van der Waals surface area (Å²) in [6.07, 6.45) is 0. The monoisotopic (exact) mass is 361 g/mol. The first-order valence-electron chi connectivity index (χ1n) is 8.69. The van der Waals surface area contributed by atoms with Crippen molar-refractivity contribution in [2.45, 2.75) is 20.8 Å². The number of hydrogen-bond donors (Lipinski definition) is 0. The number of carbonyl (C=O) groups excluding carboxylic acids is 1. The maximum absolute atomic E-state index is 13.2. The van der Waals surface area contributed by atoms with E-state index in [4.69, 9.17) is 0 Å². The van der Waals surface area contributed by atoms with Crippen LogP contribution in [0.4, 0.5) is 0 Å². The molecule has 6 heteroatoms. The van der Waals surface area contributed by atoms with Gasteiger partial charge in [-0.1, -0.05) is 57.2 Å². The number of hydrogen-bond acceptors (Lipinski definition) is 3. The van der Waals surface area contributed by atoms with Crippen LogP contribution in [0, 0.1) is 5.41 Å². The van der Waals surface area contributed by atoms with E-state index in [9.17, 15) is 14.4 Å². The SMILES string of the molecule is CC(C)(C)C(=O)c1cc2ccccc2n2c(=O)n(-c3ccccc3)c(=O)n12. The molecule has 0 amide bonds. The number of Topliss-reactive ketones (excluding diaryl/α,β-unsaturated/α-hetero) is 1. The Morgan fingerprint density at radius 3 is 2.07 bits per heavy atom. The summed E-state index contributed by atoms with van der Waals surface area (Å²) in [6, 6.07) is 17.6. The van der Waals surface area contributed by atoms with Crippen LogP contribution in [0.2, 0.25) is 0 Å². The van der Waals surface area contributed by atoms with Crippen molar-refractivity contribution in [1.82, 2.24) is 13.6 Å². The van der Waals surface area contributed by atoms with Gasteiger partial charge in [-0.25, -0.2) is 14.2 Å². The Hall–Kier alpha value is -3.41. The number of nitrogens with zero attached hydrogens (tertiary/aromatic N) is 3. The first-order chi connectivity index (χ1) is 12.8. The van der Waals surface area contributed by atoms with Crippen molar-refractivity contribution < 1.29 is 4.79 Å². The number of fused-ring (bicyclic) bond motifs is 3. The zero-order valence-corrected chi connectivity index (χ0v) is 15.3. The molecular weight excluding hydrogens is 342 g/mol. The highest BCUT2D eigenvalue weighted by Gasteiger charge is 2.28. The van der Waals surface area contributed by atoms with Gasteiger partial charge in [-0.15, -0.1) is 0 Å². The lowest BCUT2D eigenvalue weighted by Crippen LogP contribution is -2.29. The van der Waals surface area contributed by atoms with E-state index in [-0.39, 0.29) is 11.5 Å². The highest BCUT2D eigenvalue weighted by atomic mass is 16.2. The molecule has 0 aliphatic rings. The van der Waals surface area contributed by atoms with E-state index >= 15 is 0 Å². The van der Waals surface area contributed by atoms with E-state index in [1.54, 1.807) is 63.2 Å². The molecule has 2 heterocycles. The molecule has 0 spiro atoms. The van der Waals surface area contributed by atoms with Crippen molar-refractivity contribution in [3.05, 3.63) is 87.3 Å². The van der Waals surface area contributed by atoms with Crippen molar-refractivity contribution in [2.24, 2.45) is 5.41 Å². The van der Waals surface area contributed by atoms with Crippen LogP contribution in [-0.4, -0.2) is 19.4 Å². The van der Waals surface area contributed by atoms with Crippen LogP contribution in [0.3, 0.4) is 0 Å². The fourth-order valence-electron chi connectivity index (χ4n) is 3.22. The van der Waals surface area contributed by atoms with Crippen LogP contribution in [0.25, 0.3) is 16.6 Å². The Labute approximate surface area is 154 Å². The van der Waals surface area contributed by atoms with Gasteiger partial charge < -0.3 is 0 Å². The normalized spacial score (nSPS) is 12.0. The molecule has 0 fully saturated rings. The first kappa shape index (κ1) is 17.0. The van der Waals surface area contributed by atoms with E-state index < -0.39 is 16.8 Å². The summed E-state index contributed by atoms with van der Waals surface area (Å²) in [4.78, 5) is 39.4. The molecule has 0 aliphatic heterocycles. The van der Waals surface area contributed by atoms with Crippen LogP contribution in [0.5, 0.6) is 0 Å². The molecule has 0 atom stereocenters. The summed E-state index contributed by atoms with van der Waals surface area (Å²) >= 11 is 0. The van der Waals surface area contributed by atoms with Gasteiger partial charge in [-0.05, 0) is 24.3 Å². The van der Waals surface area contributed by atoms with Gasteiger partial charge in [0.05, 0.1) is 11.2 Å². The Morgan fingerprint density at radius 2 is 1.41 bits per heavy atom. The summed E-state index contributed by atoms with van der Waals surface area (Å²) in [5.74, 6) is -0.210. The van der Waals surface area contributed by atoms with Crippen LogP contribution < -0.4 is 11.4 Å². The Bertz CT molecular complexity index is 1300. The Kier molecular flexibility index (Phi) is 3.66. The van der Waals surface area contributed by atoms with E-state index in [2.05, 4.69) is 0 Å². The molecule has 0 aliphatic carbocycles. The fourth-order valence-corrected chi connectivity index (χ4v) is 3.22. The predicted octanol–water partition coefficient (Wildman–Crippen LogP) is 2.93. The lowest BCUT2D eigenvalue weighted by atomic mass is 9.88. The smallest absolute Gasteiger partial charge is 0.292 e. The Balaban J connectivity index is 2.24. The molecule has 0 saturated carbocycles. The van der Waals surface area contributed by atoms with Crippen molar-refractivity contribution >= 4 is 16.7 Å². The zero-order valence-electron chi connectivity index (χ0n) is 15.3. The minimum Gasteiger partial charge on any atom is -0.292 e. The van der Waals surface area contributed by atoms with E-state index in [1.807, 2.05) is 18.2 Å². The van der Waals surface area contributed by atoms with Gasteiger partial charge in [0.25, 0.3) is 0 Å². The summed E-state index contributed by atoms with van der Waals surface area (Å²) in [6.45, 7) is 5.37. The summed E-state index contributed by atoms with van der Waals surface area (Å²) < 4.78 is 3.56. The fraction of sp³-hybridized carbons (Fsp3) is 0.190. The zero-order chi connectivity index (χ0) is 19.3. The molecule has 2 aromatic carbocycles. The predicted molar refractivity (Wildman–Crippen MR) is 104 cm³/mol. The molecule has 0 N–H and O–H groups in total. The number of ketones is 1. The van der Waals surface area contributed by atoms with Crippen LogP contribution in [0.1, 0.15) is 31.3 Å². The van der Waals surface area contributed by atoms with Crippen LogP contribution >= 0.6 is 0 Å². The average molecular weight is 361 g/mol. The van der Waals surface area contributed by atoms with Crippen LogP contribution in [0.15, 0.2) is 70.3 Å². The molecule has 0 bridgehead atoms. The van der Waals surface area contributed by atoms with E-state index in [0.29, 0.717) is 11.2 Å². The molecule has 0 radical (unpaired) electrons. The topological polar surface area (TPSA) is 65.0 Å². The second-order valence-corrected chi connectivity index (χ2v) is 7.53. The minimum absolute atomic E-state index is 0.193. The number of aromatic nitrogens is 3. The maximum Gasteiger partial charge on any atom is 0.357 e. The largest absolute Gasteiger partial charge is 0.357 e. The summed E-state index contributed by atoms with van der Waals surface area (Å²) in [5.41, 5.74) is -0.553. The van der Waals surface area contributed by atoms with Gasteiger partial charge >= 0.3 is 11.4 Å². The highest BCUT2D eigenvalue weighted by Crippen LogP contribution is 2.22. The van der Waals surface area contributed by atoms with Gasteiger partial charge in [0.15, 0.2) is 5.78 Å². The molecule has 27 heavy (non-hydrogen) atoms. The lowest BCUT2D eigenvalue weighted by Gasteiger charge is -2.18. The first-order valence-corrected chi connectivity index (χ1v) is 8.69.